The summed E-state index contributed by atoms with van der Waals surface area (Å²) >= 11 is 2.28. The van der Waals surface area contributed by atoms with Crippen molar-refractivity contribution in [3.63, 3.8) is 0 Å². The lowest BCUT2D eigenvalue weighted by molar-refractivity contribution is 0.105. The number of nitrogens with one attached hydrogen (secondary N) is 1. The molecule has 24 heavy (non-hydrogen) atoms. The van der Waals surface area contributed by atoms with Gasteiger partial charge in [-0.3, -0.25) is 4.79 Å². The molecule has 0 aliphatic heterocycles. The molecule has 0 unspecified atom stereocenters. The number of fused-ring (bicyclic) bond motifs is 1. The number of Topliss-reactive ketones (excluding diaryl/α,β-unsaturated/α-hetero) is 1. The van der Waals surface area contributed by atoms with Gasteiger partial charge in [0, 0.05) is 20.4 Å². The number of ketones is 1. The SMILES string of the molecule is O=C1C(c2ccccc2)=C(Nc2ccc(I)cc2)c2ccccc21. The van der Waals surface area contributed by atoms with Crippen LogP contribution in [0, 0.1) is 3.57 Å². The standard InChI is InChI=1S/C21H14INO/c22-15-10-12-16(13-11-15)23-20-17-8-4-5-9-18(17)21(24)19(20)14-6-2-1-3-7-14/h1-13,23H. The first kappa shape index (κ1) is 15.1. The van der Waals surface area contributed by atoms with Crippen LogP contribution < -0.4 is 5.32 Å². The number of carbonyl (C=O) groups excluding carboxylic acids is 1. The summed E-state index contributed by atoms with van der Waals surface area (Å²) < 4.78 is 1.18. The first-order valence-electron chi connectivity index (χ1n) is 7.70. The molecule has 0 spiro atoms. The summed E-state index contributed by atoms with van der Waals surface area (Å²) in [5.41, 5.74) is 5.23. The van der Waals surface area contributed by atoms with Crippen molar-refractivity contribution in [1.29, 1.82) is 0 Å². The largest absolute Gasteiger partial charge is 0.354 e. The summed E-state index contributed by atoms with van der Waals surface area (Å²) in [5, 5.41) is 3.46. The molecule has 3 aromatic rings. The summed E-state index contributed by atoms with van der Waals surface area (Å²) in [6.07, 6.45) is 0. The van der Waals surface area contributed by atoms with E-state index in [1.807, 2.05) is 78.9 Å². The van der Waals surface area contributed by atoms with Crippen molar-refractivity contribution in [1.82, 2.24) is 0 Å². The highest BCUT2D eigenvalue weighted by Gasteiger charge is 2.30. The summed E-state index contributed by atoms with van der Waals surface area (Å²) in [6, 6.07) is 25.8. The maximum Gasteiger partial charge on any atom is 0.196 e. The smallest absolute Gasteiger partial charge is 0.196 e. The predicted molar refractivity (Wildman–Crippen MR) is 107 cm³/mol. The molecule has 4 rings (SSSR count). The van der Waals surface area contributed by atoms with E-state index in [9.17, 15) is 4.79 Å². The molecule has 0 atom stereocenters. The summed E-state index contributed by atoms with van der Waals surface area (Å²) in [4.78, 5) is 13.0. The van der Waals surface area contributed by atoms with Gasteiger partial charge in [-0.25, -0.2) is 0 Å². The monoisotopic (exact) mass is 423 g/mol. The van der Waals surface area contributed by atoms with Crippen molar-refractivity contribution in [2.45, 2.75) is 0 Å². The quantitative estimate of drug-likeness (QED) is 0.567. The summed E-state index contributed by atoms with van der Waals surface area (Å²) in [6.45, 7) is 0. The average Bonchev–Trinajstić information content (AvgIpc) is 2.90. The maximum absolute atomic E-state index is 13.0. The fourth-order valence-electron chi connectivity index (χ4n) is 2.97. The van der Waals surface area contributed by atoms with Crippen LogP contribution in [0.2, 0.25) is 0 Å². The third kappa shape index (κ3) is 2.65. The zero-order chi connectivity index (χ0) is 16.5. The van der Waals surface area contributed by atoms with Gasteiger partial charge in [0.25, 0.3) is 0 Å². The highest BCUT2D eigenvalue weighted by atomic mass is 127. The van der Waals surface area contributed by atoms with Crippen LogP contribution in [0.5, 0.6) is 0 Å². The first-order chi connectivity index (χ1) is 11.7. The van der Waals surface area contributed by atoms with E-state index in [1.165, 1.54) is 3.57 Å². The molecule has 3 heteroatoms. The van der Waals surface area contributed by atoms with Crippen molar-refractivity contribution in [2.75, 3.05) is 5.32 Å². The van der Waals surface area contributed by atoms with Gasteiger partial charge in [-0.05, 0) is 52.4 Å². The highest BCUT2D eigenvalue weighted by Crippen LogP contribution is 2.38. The van der Waals surface area contributed by atoms with Gasteiger partial charge in [0.2, 0.25) is 0 Å². The zero-order valence-corrected chi connectivity index (χ0v) is 14.9. The topological polar surface area (TPSA) is 29.1 Å². The Morgan fingerprint density at radius 2 is 1.33 bits per heavy atom. The molecule has 2 nitrogen and oxygen atoms in total. The Hall–Kier alpha value is -2.40. The fourth-order valence-corrected chi connectivity index (χ4v) is 3.33. The second kappa shape index (κ2) is 6.24. The lowest BCUT2D eigenvalue weighted by Crippen LogP contribution is -2.01. The predicted octanol–water partition coefficient (Wildman–Crippen LogP) is 5.47. The number of rotatable bonds is 3. The van der Waals surface area contributed by atoms with E-state index < -0.39 is 0 Å². The Bertz CT molecular complexity index is 943. The van der Waals surface area contributed by atoms with E-state index in [-0.39, 0.29) is 5.78 Å². The number of hydrogen-bond donors (Lipinski definition) is 1. The molecule has 1 aliphatic rings. The van der Waals surface area contributed by atoms with E-state index in [1.54, 1.807) is 0 Å². The van der Waals surface area contributed by atoms with Gasteiger partial charge in [0.15, 0.2) is 5.78 Å². The van der Waals surface area contributed by atoms with Crippen molar-refractivity contribution in [3.8, 4) is 0 Å². The molecular formula is C21H14INO. The number of carbonyl (C=O) groups is 1. The number of anilines is 1. The summed E-state index contributed by atoms with van der Waals surface area (Å²) in [5.74, 6) is 0.0739. The van der Waals surface area contributed by atoms with Gasteiger partial charge in [-0.15, -0.1) is 0 Å². The molecule has 3 aromatic carbocycles. The van der Waals surface area contributed by atoms with Crippen molar-refractivity contribution < 1.29 is 4.79 Å². The summed E-state index contributed by atoms with van der Waals surface area (Å²) in [7, 11) is 0. The minimum absolute atomic E-state index is 0.0739. The number of benzene rings is 3. The van der Waals surface area contributed by atoms with Gasteiger partial charge < -0.3 is 5.32 Å². The highest BCUT2D eigenvalue weighted by molar-refractivity contribution is 14.1. The third-order valence-electron chi connectivity index (χ3n) is 4.09. The van der Waals surface area contributed by atoms with Crippen LogP contribution in [0.1, 0.15) is 21.5 Å². The van der Waals surface area contributed by atoms with Crippen molar-refractivity contribution in [3.05, 3.63) is 99.1 Å². The van der Waals surface area contributed by atoms with Gasteiger partial charge >= 0.3 is 0 Å². The number of halogens is 1. The number of allylic oxidation sites excluding steroid dienone is 1. The molecule has 0 aromatic heterocycles. The van der Waals surface area contributed by atoms with Crippen LogP contribution in [0.25, 0.3) is 11.3 Å². The van der Waals surface area contributed by atoms with E-state index in [0.717, 1.165) is 33.6 Å². The van der Waals surface area contributed by atoms with Crippen LogP contribution in [-0.2, 0) is 0 Å². The lowest BCUT2D eigenvalue weighted by Gasteiger charge is -2.11. The first-order valence-corrected chi connectivity index (χ1v) is 8.78. The van der Waals surface area contributed by atoms with Gasteiger partial charge in [0.05, 0.1) is 11.3 Å². The molecule has 1 N–H and O–H groups in total. The molecule has 1 aliphatic carbocycles. The van der Waals surface area contributed by atoms with E-state index in [2.05, 4.69) is 27.9 Å². The molecule has 0 amide bonds. The van der Waals surface area contributed by atoms with Crippen LogP contribution >= 0.6 is 22.6 Å². The molecule has 0 heterocycles. The minimum atomic E-state index is 0.0739. The second-order valence-electron chi connectivity index (χ2n) is 5.62. The van der Waals surface area contributed by atoms with Crippen LogP contribution in [0.4, 0.5) is 5.69 Å². The Kier molecular flexibility index (Phi) is 3.94. The Balaban J connectivity index is 1.87. The van der Waals surface area contributed by atoms with Crippen LogP contribution in [0.3, 0.4) is 0 Å². The molecule has 0 saturated heterocycles. The third-order valence-corrected chi connectivity index (χ3v) is 4.81. The zero-order valence-electron chi connectivity index (χ0n) is 12.8. The van der Waals surface area contributed by atoms with E-state index >= 15 is 0 Å². The van der Waals surface area contributed by atoms with Crippen molar-refractivity contribution in [2.24, 2.45) is 0 Å². The van der Waals surface area contributed by atoms with E-state index in [4.69, 9.17) is 0 Å². The Labute approximate surface area is 154 Å². The molecular weight excluding hydrogens is 409 g/mol. The van der Waals surface area contributed by atoms with Crippen LogP contribution in [0.15, 0.2) is 78.9 Å². The Morgan fingerprint density at radius 1 is 0.708 bits per heavy atom. The second-order valence-corrected chi connectivity index (χ2v) is 6.87. The van der Waals surface area contributed by atoms with Crippen molar-refractivity contribution >= 4 is 45.3 Å². The minimum Gasteiger partial charge on any atom is -0.354 e. The van der Waals surface area contributed by atoms with Gasteiger partial charge in [-0.2, -0.15) is 0 Å². The molecule has 116 valence electrons. The van der Waals surface area contributed by atoms with Crippen LogP contribution in [-0.4, -0.2) is 5.78 Å². The number of hydrogen-bond acceptors (Lipinski definition) is 2. The van der Waals surface area contributed by atoms with Gasteiger partial charge in [-0.1, -0.05) is 54.6 Å². The lowest BCUT2D eigenvalue weighted by atomic mass is 10.0. The molecule has 0 saturated carbocycles. The average molecular weight is 423 g/mol. The van der Waals surface area contributed by atoms with Gasteiger partial charge in [0.1, 0.15) is 0 Å². The molecule has 0 fully saturated rings. The Morgan fingerprint density at radius 3 is 2.04 bits per heavy atom. The fraction of sp³-hybridized carbons (Fsp3) is 0. The molecule has 0 radical (unpaired) electrons. The molecule has 0 bridgehead atoms. The normalized spacial score (nSPS) is 13.1. The maximum atomic E-state index is 13.0. The van der Waals surface area contributed by atoms with E-state index in [0.29, 0.717) is 0 Å².